The summed E-state index contributed by atoms with van der Waals surface area (Å²) in [6, 6.07) is 8.38. The van der Waals surface area contributed by atoms with Crippen molar-refractivity contribution in [2.45, 2.75) is 46.6 Å². The normalized spacial score (nSPS) is 12.1. The van der Waals surface area contributed by atoms with Gasteiger partial charge in [0, 0.05) is 6.54 Å². The molecule has 4 nitrogen and oxygen atoms in total. The van der Waals surface area contributed by atoms with Crippen LogP contribution in [0.1, 0.15) is 45.9 Å². The Bertz CT molecular complexity index is 578. The second kappa shape index (κ2) is 6.39. The first-order chi connectivity index (χ1) is 9.88. The van der Waals surface area contributed by atoms with Crippen molar-refractivity contribution in [3.8, 4) is 5.69 Å². The summed E-state index contributed by atoms with van der Waals surface area (Å²) in [5, 5.41) is 11.9. The van der Waals surface area contributed by atoms with Crippen LogP contribution in [0.25, 0.3) is 5.69 Å². The molecule has 0 amide bonds. The Hall–Kier alpha value is -1.68. The van der Waals surface area contributed by atoms with Crippen LogP contribution in [0, 0.1) is 5.92 Å². The molecule has 0 radical (unpaired) electrons. The van der Waals surface area contributed by atoms with Crippen LogP contribution >= 0.6 is 0 Å². The number of nitrogens with zero attached hydrogens (tertiary/aromatic N) is 3. The molecule has 1 aromatic heterocycles. The Labute approximate surface area is 127 Å². The zero-order chi connectivity index (χ0) is 15.5. The molecule has 0 aliphatic heterocycles. The number of hydrogen-bond acceptors (Lipinski definition) is 3. The van der Waals surface area contributed by atoms with Crippen LogP contribution in [0.3, 0.4) is 0 Å². The number of aromatic nitrogens is 3. The van der Waals surface area contributed by atoms with Gasteiger partial charge >= 0.3 is 0 Å². The smallest absolute Gasteiger partial charge is 0.0969 e. The van der Waals surface area contributed by atoms with E-state index in [-0.39, 0.29) is 5.41 Å². The molecule has 0 atom stereocenters. The second-order valence-electron chi connectivity index (χ2n) is 6.95. The van der Waals surface area contributed by atoms with E-state index in [0.717, 1.165) is 24.5 Å². The van der Waals surface area contributed by atoms with Gasteiger partial charge in [-0.05, 0) is 29.5 Å². The SMILES string of the molecule is CC(C)CNCc1cn(-c2ccccc2C(C)(C)C)nn1. The lowest BCUT2D eigenvalue weighted by Crippen LogP contribution is -2.19. The van der Waals surface area contributed by atoms with Gasteiger partial charge in [-0.25, -0.2) is 4.68 Å². The Balaban J connectivity index is 2.18. The number of benzene rings is 1. The highest BCUT2D eigenvalue weighted by Crippen LogP contribution is 2.27. The molecule has 1 N–H and O–H groups in total. The van der Waals surface area contributed by atoms with Gasteiger partial charge in [-0.1, -0.05) is 58.0 Å². The maximum atomic E-state index is 4.29. The van der Waals surface area contributed by atoms with Gasteiger partial charge in [0.15, 0.2) is 0 Å². The predicted molar refractivity (Wildman–Crippen MR) is 86.6 cm³/mol. The molecule has 0 aliphatic carbocycles. The first kappa shape index (κ1) is 15.7. The van der Waals surface area contributed by atoms with Crippen molar-refractivity contribution < 1.29 is 0 Å². The maximum Gasteiger partial charge on any atom is 0.0969 e. The minimum Gasteiger partial charge on any atom is -0.311 e. The van der Waals surface area contributed by atoms with E-state index >= 15 is 0 Å². The lowest BCUT2D eigenvalue weighted by atomic mass is 9.86. The van der Waals surface area contributed by atoms with Crippen molar-refractivity contribution in [3.05, 3.63) is 41.7 Å². The molecule has 1 aromatic carbocycles. The third kappa shape index (κ3) is 4.14. The van der Waals surface area contributed by atoms with Crippen molar-refractivity contribution in [1.29, 1.82) is 0 Å². The third-order valence-electron chi connectivity index (χ3n) is 3.36. The molecule has 0 spiro atoms. The fourth-order valence-corrected chi connectivity index (χ4v) is 2.29. The monoisotopic (exact) mass is 286 g/mol. The fourth-order valence-electron chi connectivity index (χ4n) is 2.29. The molecule has 2 rings (SSSR count). The standard InChI is InChI=1S/C17H26N4/c1-13(2)10-18-11-14-12-21(20-19-14)16-9-7-6-8-15(16)17(3,4)5/h6-9,12-13,18H,10-11H2,1-5H3. The molecular weight excluding hydrogens is 260 g/mol. The summed E-state index contributed by atoms with van der Waals surface area (Å²) in [5.41, 5.74) is 3.43. The van der Waals surface area contributed by atoms with Gasteiger partial charge in [-0.15, -0.1) is 5.10 Å². The average Bonchev–Trinajstić information content (AvgIpc) is 2.86. The van der Waals surface area contributed by atoms with Crippen LogP contribution in [0.15, 0.2) is 30.5 Å². The van der Waals surface area contributed by atoms with Gasteiger partial charge in [0.2, 0.25) is 0 Å². The van der Waals surface area contributed by atoms with Gasteiger partial charge in [-0.3, -0.25) is 0 Å². The quantitative estimate of drug-likeness (QED) is 0.917. The summed E-state index contributed by atoms with van der Waals surface area (Å²) >= 11 is 0. The Morgan fingerprint density at radius 3 is 2.57 bits per heavy atom. The molecule has 0 unspecified atom stereocenters. The first-order valence-electron chi connectivity index (χ1n) is 7.60. The number of para-hydroxylation sites is 1. The molecule has 1 heterocycles. The van der Waals surface area contributed by atoms with Crippen LogP contribution in [-0.2, 0) is 12.0 Å². The van der Waals surface area contributed by atoms with Crippen molar-refractivity contribution in [2.24, 2.45) is 5.92 Å². The highest BCUT2D eigenvalue weighted by atomic mass is 15.4. The van der Waals surface area contributed by atoms with E-state index in [1.54, 1.807) is 0 Å². The van der Waals surface area contributed by atoms with Crippen molar-refractivity contribution in [1.82, 2.24) is 20.3 Å². The van der Waals surface area contributed by atoms with E-state index in [2.05, 4.69) is 68.4 Å². The average molecular weight is 286 g/mol. The van der Waals surface area contributed by atoms with E-state index in [0.29, 0.717) is 5.92 Å². The maximum absolute atomic E-state index is 4.29. The predicted octanol–water partition coefficient (Wildman–Crippen LogP) is 3.31. The van der Waals surface area contributed by atoms with Crippen LogP contribution in [0.2, 0.25) is 0 Å². The van der Waals surface area contributed by atoms with E-state index in [1.807, 2.05) is 16.9 Å². The van der Waals surface area contributed by atoms with E-state index in [9.17, 15) is 0 Å². The Morgan fingerprint density at radius 2 is 1.90 bits per heavy atom. The minimum atomic E-state index is 0.0819. The van der Waals surface area contributed by atoms with E-state index < -0.39 is 0 Å². The lowest BCUT2D eigenvalue weighted by molar-refractivity contribution is 0.548. The van der Waals surface area contributed by atoms with Gasteiger partial charge in [0.25, 0.3) is 0 Å². The van der Waals surface area contributed by atoms with Crippen molar-refractivity contribution >= 4 is 0 Å². The molecular formula is C17H26N4. The highest BCUT2D eigenvalue weighted by Gasteiger charge is 2.19. The zero-order valence-electron chi connectivity index (χ0n) is 13.7. The molecule has 0 bridgehead atoms. The largest absolute Gasteiger partial charge is 0.311 e. The number of rotatable bonds is 5. The molecule has 21 heavy (non-hydrogen) atoms. The molecule has 0 fully saturated rings. The number of nitrogens with one attached hydrogen (secondary N) is 1. The van der Waals surface area contributed by atoms with Crippen LogP contribution < -0.4 is 5.32 Å². The van der Waals surface area contributed by atoms with Crippen LogP contribution in [0.4, 0.5) is 0 Å². The first-order valence-corrected chi connectivity index (χ1v) is 7.60. The Morgan fingerprint density at radius 1 is 1.19 bits per heavy atom. The van der Waals surface area contributed by atoms with E-state index in [1.165, 1.54) is 5.56 Å². The molecule has 0 aliphatic rings. The van der Waals surface area contributed by atoms with Crippen LogP contribution in [-0.4, -0.2) is 21.5 Å². The third-order valence-corrected chi connectivity index (χ3v) is 3.36. The highest BCUT2D eigenvalue weighted by molar-refractivity contribution is 5.44. The van der Waals surface area contributed by atoms with Gasteiger partial charge in [0.05, 0.1) is 17.6 Å². The van der Waals surface area contributed by atoms with E-state index in [4.69, 9.17) is 0 Å². The van der Waals surface area contributed by atoms with Gasteiger partial charge in [-0.2, -0.15) is 0 Å². The summed E-state index contributed by atoms with van der Waals surface area (Å²) in [7, 11) is 0. The number of hydrogen-bond donors (Lipinski definition) is 1. The molecule has 0 saturated heterocycles. The van der Waals surface area contributed by atoms with Crippen molar-refractivity contribution in [2.75, 3.05) is 6.54 Å². The fraction of sp³-hybridized carbons (Fsp3) is 0.529. The summed E-state index contributed by atoms with van der Waals surface area (Å²) in [6.45, 7) is 12.8. The molecule has 0 saturated carbocycles. The minimum absolute atomic E-state index is 0.0819. The van der Waals surface area contributed by atoms with Crippen LogP contribution in [0.5, 0.6) is 0 Å². The zero-order valence-corrected chi connectivity index (χ0v) is 13.7. The topological polar surface area (TPSA) is 42.7 Å². The second-order valence-corrected chi connectivity index (χ2v) is 6.95. The van der Waals surface area contributed by atoms with Gasteiger partial charge < -0.3 is 5.32 Å². The summed E-state index contributed by atoms with van der Waals surface area (Å²) in [6.07, 6.45) is 2.01. The summed E-state index contributed by atoms with van der Waals surface area (Å²) < 4.78 is 1.88. The summed E-state index contributed by atoms with van der Waals surface area (Å²) in [5.74, 6) is 0.640. The summed E-state index contributed by atoms with van der Waals surface area (Å²) in [4.78, 5) is 0. The lowest BCUT2D eigenvalue weighted by Gasteiger charge is -2.22. The van der Waals surface area contributed by atoms with Crippen molar-refractivity contribution in [3.63, 3.8) is 0 Å². The molecule has 4 heteroatoms. The molecule has 114 valence electrons. The van der Waals surface area contributed by atoms with Gasteiger partial charge in [0.1, 0.15) is 0 Å². The molecule has 2 aromatic rings. The Kier molecular flexibility index (Phi) is 4.78.